The lowest BCUT2D eigenvalue weighted by atomic mass is 9.78. The highest BCUT2D eigenvalue weighted by atomic mass is 32.2. The third-order valence-electron chi connectivity index (χ3n) is 5.72. The summed E-state index contributed by atoms with van der Waals surface area (Å²) in [6, 6.07) is 7.21. The first kappa shape index (κ1) is 21.7. The summed E-state index contributed by atoms with van der Waals surface area (Å²) in [4.78, 5) is 19.6. The molecule has 3 aromatic rings. The average Bonchev–Trinajstić information content (AvgIpc) is 2.71. The molecule has 0 saturated carbocycles. The van der Waals surface area contributed by atoms with Crippen molar-refractivity contribution in [2.24, 2.45) is 5.41 Å². The summed E-state index contributed by atoms with van der Waals surface area (Å²) in [5, 5.41) is 6.13. The van der Waals surface area contributed by atoms with Gasteiger partial charge in [-0.15, -0.1) is 0 Å². The molecule has 3 aromatic heterocycles. The summed E-state index contributed by atoms with van der Waals surface area (Å²) in [6.07, 6.45) is 6.00. The number of nitrogens with one attached hydrogen (secondary N) is 2. The van der Waals surface area contributed by atoms with Gasteiger partial charge in [0.25, 0.3) is 0 Å². The highest BCUT2D eigenvalue weighted by Gasteiger charge is 2.48. The van der Waals surface area contributed by atoms with E-state index in [1.165, 1.54) is 6.33 Å². The predicted molar refractivity (Wildman–Crippen MR) is 123 cm³/mol. The second-order valence-electron chi connectivity index (χ2n) is 8.86. The normalized spacial score (nSPS) is 17.3. The van der Waals surface area contributed by atoms with Crippen LogP contribution < -0.4 is 10.6 Å². The lowest BCUT2D eigenvalue weighted by Gasteiger charge is -2.55. The zero-order chi connectivity index (χ0) is 23.1. The number of aromatic nitrogens is 4. The molecule has 5 rings (SSSR count). The first-order valence-corrected chi connectivity index (χ1v) is 12.5. The van der Waals surface area contributed by atoms with E-state index in [-0.39, 0.29) is 10.7 Å². The molecule has 2 aliphatic rings. The Hall–Kier alpha value is -3.15. The SMILES string of the molecule is Cc1cnc(Nc2cc(Nc3ccc(CN4CC5(COC5)C4)cn3)ncn2)c(S(C)(=O)=O)c1. The van der Waals surface area contributed by atoms with E-state index in [9.17, 15) is 8.42 Å². The molecule has 2 aliphatic heterocycles. The number of hydrogen-bond donors (Lipinski definition) is 2. The molecule has 5 heterocycles. The smallest absolute Gasteiger partial charge is 0.179 e. The molecule has 1 spiro atoms. The van der Waals surface area contributed by atoms with Crippen LogP contribution in [-0.4, -0.2) is 65.8 Å². The molecule has 2 fully saturated rings. The first-order chi connectivity index (χ1) is 15.8. The lowest BCUT2D eigenvalue weighted by molar-refractivity contribution is -0.191. The van der Waals surface area contributed by atoms with E-state index >= 15 is 0 Å². The van der Waals surface area contributed by atoms with Gasteiger partial charge in [-0.2, -0.15) is 0 Å². The Morgan fingerprint density at radius 1 is 1.00 bits per heavy atom. The van der Waals surface area contributed by atoms with Crippen molar-refractivity contribution in [2.45, 2.75) is 18.4 Å². The number of anilines is 4. The number of hydrogen-bond acceptors (Lipinski definition) is 10. The lowest BCUT2D eigenvalue weighted by Crippen LogP contribution is -2.65. The Bertz CT molecular complexity index is 1270. The minimum Gasteiger partial charge on any atom is -0.380 e. The van der Waals surface area contributed by atoms with Crippen molar-refractivity contribution in [3.8, 4) is 0 Å². The number of pyridine rings is 2. The van der Waals surface area contributed by atoms with Gasteiger partial charge in [-0.05, 0) is 30.2 Å². The van der Waals surface area contributed by atoms with Gasteiger partial charge in [0.2, 0.25) is 0 Å². The zero-order valence-electron chi connectivity index (χ0n) is 18.4. The molecule has 0 aromatic carbocycles. The number of sulfone groups is 1. The van der Waals surface area contributed by atoms with Crippen LogP contribution in [0.5, 0.6) is 0 Å². The Morgan fingerprint density at radius 3 is 2.39 bits per heavy atom. The summed E-state index contributed by atoms with van der Waals surface area (Å²) >= 11 is 0. The highest BCUT2D eigenvalue weighted by molar-refractivity contribution is 7.90. The maximum atomic E-state index is 12.1. The summed E-state index contributed by atoms with van der Waals surface area (Å²) in [5.41, 5.74) is 2.31. The average molecular weight is 468 g/mol. The van der Waals surface area contributed by atoms with Gasteiger partial charge < -0.3 is 15.4 Å². The van der Waals surface area contributed by atoms with Crippen LogP contribution in [0.1, 0.15) is 11.1 Å². The first-order valence-electron chi connectivity index (χ1n) is 10.6. The fraction of sp³-hybridized carbons (Fsp3) is 0.364. The van der Waals surface area contributed by atoms with Crippen molar-refractivity contribution >= 4 is 33.1 Å². The van der Waals surface area contributed by atoms with E-state index in [2.05, 4.69) is 35.5 Å². The van der Waals surface area contributed by atoms with Crippen LogP contribution in [0.2, 0.25) is 0 Å². The van der Waals surface area contributed by atoms with E-state index in [0.717, 1.165) is 50.2 Å². The van der Waals surface area contributed by atoms with Crippen LogP contribution in [0.3, 0.4) is 0 Å². The molecular weight excluding hydrogens is 442 g/mol. The van der Waals surface area contributed by atoms with Gasteiger partial charge in [-0.1, -0.05) is 6.07 Å². The van der Waals surface area contributed by atoms with E-state index < -0.39 is 9.84 Å². The van der Waals surface area contributed by atoms with Crippen LogP contribution >= 0.6 is 0 Å². The third kappa shape index (κ3) is 4.80. The predicted octanol–water partition coefficient (Wildman–Crippen LogP) is 2.30. The monoisotopic (exact) mass is 467 g/mol. The molecule has 0 atom stereocenters. The van der Waals surface area contributed by atoms with Crippen LogP contribution in [0, 0.1) is 12.3 Å². The highest BCUT2D eigenvalue weighted by Crippen LogP contribution is 2.38. The van der Waals surface area contributed by atoms with Gasteiger partial charge in [0.15, 0.2) is 9.84 Å². The van der Waals surface area contributed by atoms with Crippen molar-refractivity contribution in [2.75, 3.05) is 43.2 Å². The minimum absolute atomic E-state index is 0.117. The second kappa shape index (κ2) is 8.32. The van der Waals surface area contributed by atoms with Gasteiger partial charge in [0.1, 0.15) is 34.5 Å². The molecule has 172 valence electrons. The topological polar surface area (TPSA) is 122 Å². The van der Waals surface area contributed by atoms with Crippen molar-refractivity contribution in [1.82, 2.24) is 24.8 Å². The van der Waals surface area contributed by atoms with Crippen LogP contribution in [0.25, 0.3) is 0 Å². The number of rotatable bonds is 7. The molecule has 10 nitrogen and oxygen atoms in total. The number of aryl methyl sites for hydroxylation is 1. The Morgan fingerprint density at radius 2 is 1.76 bits per heavy atom. The Labute approximate surface area is 192 Å². The number of nitrogens with zero attached hydrogens (tertiary/aromatic N) is 5. The van der Waals surface area contributed by atoms with Gasteiger partial charge >= 0.3 is 0 Å². The molecular formula is C22H25N7O3S. The third-order valence-corrected chi connectivity index (χ3v) is 6.83. The maximum absolute atomic E-state index is 12.1. The van der Waals surface area contributed by atoms with Crippen molar-refractivity contribution < 1.29 is 13.2 Å². The molecule has 2 N–H and O–H groups in total. The minimum atomic E-state index is -3.45. The van der Waals surface area contributed by atoms with Crippen LogP contribution in [0.15, 0.2) is 47.9 Å². The quantitative estimate of drug-likeness (QED) is 0.535. The van der Waals surface area contributed by atoms with E-state index in [1.54, 1.807) is 25.3 Å². The fourth-order valence-electron chi connectivity index (χ4n) is 4.10. The Balaban J connectivity index is 1.24. The van der Waals surface area contributed by atoms with Crippen molar-refractivity contribution in [3.05, 3.63) is 54.1 Å². The molecule has 0 unspecified atom stereocenters. The summed E-state index contributed by atoms with van der Waals surface area (Å²) in [6.45, 7) is 6.61. The standard InChI is InChI=1S/C22H25N7O3S/c1-15-5-17(33(2,30)31)21(24-7-15)28-20-6-19(25-14-26-20)27-18-4-3-16(8-23-18)9-29-10-22(11-29)12-32-13-22/h3-8,14H,9-13H2,1-2H3,(H2,23,24,25,26,27,28). The summed E-state index contributed by atoms with van der Waals surface area (Å²) in [5.74, 6) is 1.81. The fourth-order valence-corrected chi connectivity index (χ4v) is 4.96. The van der Waals surface area contributed by atoms with E-state index in [4.69, 9.17) is 4.74 Å². The molecule has 33 heavy (non-hydrogen) atoms. The van der Waals surface area contributed by atoms with E-state index in [0.29, 0.717) is 22.9 Å². The molecule has 11 heteroatoms. The molecule has 0 amide bonds. The number of ether oxygens (including phenoxy) is 1. The van der Waals surface area contributed by atoms with Crippen LogP contribution in [0.4, 0.5) is 23.3 Å². The van der Waals surface area contributed by atoms with Gasteiger partial charge in [0, 0.05) is 49.8 Å². The molecule has 2 saturated heterocycles. The summed E-state index contributed by atoms with van der Waals surface area (Å²) in [7, 11) is -3.45. The molecule has 0 aliphatic carbocycles. The zero-order valence-corrected chi connectivity index (χ0v) is 19.3. The Kier molecular flexibility index (Phi) is 5.47. The largest absolute Gasteiger partial charge is 0.380 e. The summed E-state index contributed by atoms with van der Waals surface area (Å²) < 4.78 is 29.6. The van der Waals surface area contributed by atoms with Crippen molar-refractivity contribution in [3.63, 3.8) is 0 Å². The van der Waals surface area contributed by atoms with E-state index in [1.807, 2.05) is 18.3 Å². The maximum Gasteiger partial charge on any atom is 0.179 e. The second-order valence-corrected chi connectivity index (χ2v) is 10.8. The van der Waals surface area contributed by atoms with Gasteiger partial charge in [-0.25, -0.2) is 28.4 Å². The molecule has 0 radical (unpaired) electrons. The van der Waals surface area contributed by atoms with Gasteiger partial charge in [0.05, 0.1) is 13.2 Å². The molecule has 0 bridgehead atoms. The van der Waals surface area contributed by atoms with Gasteiger partial charge in [-0.3, -0.25) is 4.90 Å². The van der Waals surface area contributed by atoms with Crippen molar-refractivity contribution in [1.29, 1.82) is 0 Å². The number of likely N-dealkylation sites (tertiary alicyclic amines) is 1. The van der Waals surface area contributed by atoms with Crippen LogP contribution in [-0.2, 0) is 21.1 Å².